The van der Waals surface area contributed by atoms with Crippen LogP contribution in [-0.2, 0) is 14.3 Å². The van der Waals surface area contributed by atoms with E-state index in [4.69, 9.17) is 14.5 Å². The molecular formula is C17H22N4O4. The molecule has 0 saturated heterocycles. The number of aromatic hydroxyl groups is 1. The number of esters is 1. The van der Waals surface area contributed by atoms with Gasteiger partial charge in [-0.15, -0.1) is 0 Å². The van der Waals surface area contributed by atoms with E-state index in [0.29, 0.717) is 48.6 Å². The molecule has 0 radical (unpaired) electrons. The normalized spacial score (nSPS) is 26.7. The summed E-state index contributed by atoms with van der Waals surface area (Å²) in [5.74, 6) is 0.329. The molecule has 2 saturated carbocycles. The molecule has 0 aromatic carbocycles. The molecule has 2 aliphatic rings. The summed E-state index contributed by atoms with van der Waals surface area (Å²) in [6.07, 6.45) is 6.30. The minimum absolute atomic E-state index is 0.0246. The van der Waals surface area contributed by atoms with Crippen LogP contribution in [0.5, 0.6) is 5.88 Å². The van der Waals surface area contributed by atoms with E-state index < -0.39 is 5.60 Å². The Hall–Kier alpha value is -2.22. The van der Waals surface area contributed by atoms with E-state index in [1.165, 1.54) is 7.11 Å². The Morgan fingerprint density at radius 1 is 1.24 bits per heavy atom. The molecule has 2 aromatic rings. The quantitative estimate of drug-likeness (QED) is 0.846. The maximum absolute atomic E-state index is 12.1. The number of nitrogens with zero attached hydrogens (tertiary/aromatic N) is 4. The van der Waals surface area contributed by atoms with Gasteiger partial charge in [-0.05, 0) is 38.5 Å². The second-order valence-corrected chi connectivity index (χ2v) is 6.93. The molecule has 25 heavy (non-hydrogen) atoms. The third kappa shape index (κ3) is 2.64. The van der Waals surface area contributed by atoms with Crippen molar-refractivity contribution in [2.75, 3.05) is 14.2 Å². The number of aromatic nitrogens is 4. The number of fused-ring (bicyclic) bond motifs is 1. The summed E-state index contributed by atoms with van der Waals surface area (Å²) in [6, 6.07) is 0.381. The highest BCUT2D eigenvalue weighted by molar-refractivity contribution is 5.80. The standard InChI is InChI=1S/C17H22N4O4/c1-24-16(23)17(25-2)7-5-10(6-8-17)13-19-14-12(15(22)20-13)9-18-21(14)11-3-4-11/h9-11H,3-8H2,1-2H3,(H,19,20,22). The Kier molecular flexibility index (Phi) is 3.87. The molecule has 134 valence electrons. The lowest BCUT2D eigenvalue weighted by atomic mass is 9.78. The highest BCUT2D eigenvalue weighted by atomic mass is 16.6. The summed E-state index contributed by atoms with van der Waals surface area (Å²) in [5.41, 5.74) is -0.186. The van der Waals surface area contributed by atoms with Crippen LogP contribution in [0.2, 0.25) is 0 Å². The lowest BCUT2D eigenvalue weighted by Crippen LogP contribution is -2.44. The van der Waals surface area contributed by atoms with Gasteiger partial charge in [-0.2, -0.15) is 10.1 Å². The first-order valence-electron chi connectivity index (χ1n) is 8.65. The average molecular weight is 346 g/mol. The van der Waals surface area contributed by atoms with Gasteiger partial charge < -0.3 is 14.6 Å². The fraction of sp³-hybridized carbons (Fsp3) is 0.647. The number of methoxy groups -OCH3 is 2. The fourth-order valence-electron chi connectivity index (χ4n) is 3.72. The van der Waals surface area contributed by atoms with Crippen LogP contribution in [-0.4, -0.2) is 50.6 Å². The van der Waals surface area contributed by atoms with Crippen LogP contribution in [0.3, 0.4) is 0 Å². The van der Waals surface area contributed by atoms with Crippen molar-refractivity contribution in [3.63, 3.8) is 0 Å². The third-order valence-electron chi connectivity index (χ3n) is 5.45. The largest absolute Gasteiger partial charge is 0.493 e. The van der Waals surface area contributed by atoms with Crippen molar-refractivity contribution < 1.29 is 19.4 Å². The van der Waals surface area contributed by atoms with Gasteiger partial charge in [0.15, 0.2) is 11.2 Å². The predicted octanol–water partition coefficient (Wildman–Crippen LogP) is 2.08. The zero-order chi connectivity index (χ0) is 17.6. The van der Waals surface area contributed by atoms with Gasteiger partial charge >= 0.3 is 5.97 Å². The maximum Gasteiger partial charge on any atom is 0.338 e. The second-order valence-electron chi connectivity index (χ2n) is 6.93. The van der Waals surface area contributed by atoms with Crippen LogP contribution >= 0.6 is 0 Å². The number of rotatable bonds is 4. The van der Waals surface area contributed by atoms with Crippen LogP contribution in [0.4, 0.5) is 0 Å². The molecule has 0 aliphatic heterocycles. The SMILES string of the molecule is COC(=O)C1(OC)CCC(c2nc(O)c3cnn(C4CC4)c3n2)CC1. The van der Waals surface area contributed by atoms with Crippen molar-refractivity contribution in [1.29, 1.82) is 0 Å². The molecule has 4 rings (SSSR count). The molecule has 2 aliphatic carbocycles. The van der Waals surface area contributed by atoms with Crippen LogP contribution < -0.4 is 0 Å². The Morgan fingerprint density at radius 3 is 2.56 bits per heavy atom. The third-order valence-corrected chi connectivity index (χ3v) is 5.45. The number of carbonyl (C=O) groups is 1. The number of hydrogen-bond acceptors (Lipinski definition) is 7. The van der Waals surface area contributed by atoms with E-state index in [9.17, 15) is 9.90 Å². The fourth-order valence-corrected chi connectivity index (χ4v) is 3.72. The van der Waals surface area contributed by atoms with Crippen molar-refractivity contribution >= 4 is 17.0 Å². The maximum atomic E-state index is 12.1. The van der Waals surface area contributed by atoms with Crippen molar-refractivity contribution in [3.05, 3.63) is 12.0 Å². The molecular weight excluding hydrogens is 324 g/mol. The Labute approximate surface area is 145 Å². The number of carbonyl (C=O) groups excluding carboxylic acids is 1. The van der Waals surface area contributed by atoms with Gasteiger partial charge in [0.05, 0.1) is 19.3 Å². The van der Waals surface area contributed by atoms with Gasteiger partial charge in [-0.25, -0.2) is 14.5 Å². The van der Waals surface area contributed by atoms with Gasteiger partial charge in [0, 0.05) is 13.0 Å². The first-order valence-corrected chi connectivity index (χ1v) is 8.65. The average Bonchev–Trinajstić information content (AvgIpc) is 3.40. The summed E-state index contributed by atoms with van der Waals surface area (Å²) < 4.78 is 12.3. The molecule has 0 bridgehead atoms. The Balaban J connectivity index is 1.61. The summed E-state index contributed by atoms with van der Waals surface area (Å²) in [7, 11) is 2.92. The molecule has 2 fully saturated rings. The van der Waals surface area contributed by atoms with E-state index in [0.717, 1.165) is 12.8 Å². The first kappa shape index (κ1) is 16.3. The van der Waals surface area contributed by atoms with Crippen molar-refractivity contribution in [2.24, 2.45) is 0 Å². The van der Waals surface area contributed by atoms with E-state index >= 15 is 0 Å². The zero-order valence-corrected chi connectivity index (χ0v) is 14.4. The summed E-state index contributed by atoms with van der Waals surface area (Å²) in [4.78, 5) is 21.0. The lowest BCUT2D eigenvalue weighted by molar-refractivity contribution is -0.170. The molecule has 0 spiro atoms. The Bertz CT molecular complexity index is 806. The van der Waals surface area contributed by atoms with E-state index in [-0.39, 0.29) is 17.8 Å². The topological polar surface area (TPSA) is 99.4 Å². The summed E-state index contributed by atoms with van der Waals surface area (Å²) >= 11 is 0. The molecule has 0 unspecified atom stereocenters. The summed E-state index contributed by atoms with van der Waals surface area (Å²) in [5, 5.41) is 15.2. The van der Waals surface area contributed by atoms with Gasteiger partial charge in [0.2, 0.25) is 5.88 Å². The molecule has 2 aromatic heterocycles. The monoisotopic (exact) mass is 346 g/mol. The van der Waals surface area contributed by atoms with Crippen LogP contribution in [0.15, 0.2) is 6.20 Å². The molecule has 2 heterocycles. The minimum Gasteiger partial charge on any atom is -0.493 e. The molecule has 1 N–H and O–H groups in total. The highest BCUT2D eigenvalue weighted by Crippen LogP contribution is 2.41. The highest BCUT2D eigenvalue weighted by Gasteiger charge is 2.44. The van der Waals surface area contributed by atoms with Gasteiger partial charge in [-0.1, -0.05) is 0 Å². The molecule has 8 nitrogen and oxygen atoms in total. The zero-order valence-electron chi connectivity index (χ0n) is 14.4. The van der Waals surface area contributed by atoms with E-state index in [2.05, 4.69) is 10.1 Å². The molecule has 8 heteroatoms. The smallest absolute Gasteiger partial charge is 0.338 e. The van der Waals surface area contributed by atoms with Crippen molar-refractivity contribution in [2.45, 2.75) is 56.1 Å². The number of hydrogen-bond donors (Lipinski definition) is 1. The van der Waals surface area contributed by atoms with Gasteiger partial charge in [0.1, 0.15) is 11.2 Å². The van der Waals surface area contributed by atoms with Gasteiger partial charge in [0.25, 0.3) is 0 Å². The number of ether oxygens (including phenoxy) is 2. The van der Waals surface area contributed by atoms with E-state index in [1.54, 1.807) is 13.3 Å². The van der Waals surface area contributed by atoms with E-state index in [1.807, 2.05) is 4.68 Å². The lowest BCUT2D eigenvalue weighted by Gasteiger charge is -2.36. The Morgan fingerprint density at radius 2 is 1.96 bits per heavy atom. The predicted molar refractivity (Wildman–Crippen MR) is 88.2 cm³/mol. The summed E-state index contributed by atoms with van der Waals surface area (Å²) in [6.45, 7) is 0. The second kappa shape index (κ2) is 5.94. The van der Waals surface area contributed by atoms with Crippen molar-refractivity contribution in [3.8, 4) is 5.88 Å². The molecule has 0 atom stereocenters. The minimum atomic E-state index is -0.882. The van der Waals surface area contributed by atoms with Crippen molar-refractivity contribution in [1.82, 2.24) is 19.7 Å². The van der Waals surface area contributed by atoms with Gasteiger partial charge in [-0.3, -0.25) is 0 Å². The van der Waals surface area contributed by atoms with Crippen LogP contribution in [0.25, 0.3) is 11.0 Å². The van der Waals surface area contributed by atoms with Crippen LogP contribution in [0.1, 0.15) is 56.3 Å². The first-order chi connectivity index (χ1) is 12.1. The molecule has 0 amide bonds. The van der Waals surface area contributed by atoms with Crippen LogP contribution in [0, 0.1) is 0 Å².